The van der Waals surface area contributed by atoms with Crippen molar-refractivity contribution in [3.63, 3.8) is 0 Å². The van der Waals surface area contributed by atoms with E-state index < -0.39 is 18.4 Å². The van der Waals surface area contributed by atoms with Crippen LogP contribution >= 0.6 is 0 Å². The van der Waals surface area contributed by atoms with Gasteiger partial charge in [0.25, 0.3) is 0 Å². The van der Waals surface area contributed by atoms with Crippen molar-refractivity contribution in [3.05, 3.63) is 35.9 Å². The molecule has 5 heteroatoms. The number of carbonyl (C=O) groups is 1. The van der Waals surface area contributed by atoms with Crippen molar-refractivity contribution < 1.29 is 19.4 Å². The third-order valence-corrected chi connectivity index (χ3v) is 3.42. The minimum atomic E-state index is -1.16. The van der Waals surface area contributed by atoms with Crippen molar-refractivity contribution in [1.82, 2.24) is 5.32 Å². The average Bonchev–Trinajstić information content (AvgIpc) is 2.50. The van der Waals surface area contributed by atoms with Crippen molar-refractivity contribution in [2.24, 2.45) is 5.41 Å². The molecule has 0 fully saturated rings. The monoisotopic (exact) mass is 323 g/mol. The molecule has 1 unspecified atom stereocenters. The molecule has 0 heterocycles. The Bertz CT molecular complexity index is 470. The molecule has 0 bridgehead atoms. The number of ether oxygens (including phenoxy) is 2. The second-order valence-corrected chi connectivity index (χ2v) is 6.94. The zero-order valence-corrected chi connectivity index (χ0v) is 14.7. The molecule has 1 aromatic rings. The van der Waals surface area contributed by atoms with E-state index in [1.54, 1.807) is 14.0 Å². The topological polar surface area (TPSA) is 67.8 Å². The molecule has 0 aromatic heterocycles. The lowest BCUT2D eigenvalue weighted by atomic mass is 9.88. The Labute approximate surface area is 139 Å². The number of benzene rings is 1. The molecule has 23 heavy (non-hydrogen) atoms. The number of esters is 1. The number of rotatable bonds is 8. The van der Waals surface area contributed by atoms with E-state index in [0.717, 1.165) is 5.56 Å². The molecule has 0 amide bonds. The molecule has 1 aromatic carbocycles. The van der Waals surface area contributed by atoms with Gasteiger partial charge < -0.3 is 19.9 Å². The second kappa shape index (κ2) is 9.01. The number of carbonyl (C=O) groups excluding carboxylic acids is 1. The van der Waals surface area contributed by atoms with Crippen molar-refractivity contribution in [1.29, 1.82) is 0 Å². The molecule has 2 N–H and O–H groups in total. The Morgan fingerprint density at radius 1 is 1.26 bits per heavy atom. The summed E-state index contributed by atoms with van der Waals surface area (Å²) in [6.45, 7) is 8.07. The van der Waals surface area contributed by atoms with Crippen LogP contribution in [0.5, 0.6) is 0 Å². The summed E-state index contributed by atoms with van der Waals surface area (Å²) in [6, 6.07) is 9.13. The van der Waals surface area contributed by atoms with Crippen molar-refractivity contribution in [2.45, 2.75) is 59.2 Å². The number of hydrogen-bond acceptors (Lipinski definition) is 5. The Morgan fingerprint density at radius 2 is 1.87 bits per heavy atom. The number of hydrogen-bond donors (Lipinski definition) is 2. The van der Waals surface area contributed by atoms with Crippen LogP contribution < -0.4 is 5.32 Å². The van der Waals surface area contributed by atoms with Gasteiger partial charge in [0.2, 0.25) is 0 Å². The van der Waals surface area contributed by atoms with Crippen LogP contribution in [0.2, 0.25) is 0 Å². The third kappa shape index (κ3) is 7.59. The Hall–Kier alpha value is -1.43. The van der Waals surface area contributed by atoms with Gasteiger partial charge in [0.05, 0.1) is 6.61 Å². The molecule has 0 radical (unpaired) electrons. The lowest BCUT2D eigenvalue weighted by molar-refractivity contribution is -0.192. The van der Waals surface area contributed by atoms with Crippen LogP contribution in [-0.2, 0) is 20.9 Å². The van der Waals surface area contributed by atoms with Crippen LogP contribution in [0.25, 0.3) is 0 Å². The van der Waals surface area contributed by atoms with Crippen LogP contribution in [0.15, 0.2) is 30.3 Å². The van der Waals surface area contributed by atoms with Gasteiger partial charge in [0.1, 0.15) is 12.1 Å². The molecule has 0 saturated heterocycles. The van der Waals surface area contributed by atoms with E-state index in [2.05, 4.69) is 26.1 Å². The first kappa shape index (κ1) is 19.6. The molecule has 0 saturated carbocycles. The highest BCUT2D eigenvalue weighted by atomic mass is 16.6. The fourth-order valence-corrected chi connectivity index (χ4v) is 2.13. The maximum Gasteiger partial charge on any atom is 0.323 e. The quantitative estimate of drug-likeness (QED) is 0.568. The second-order valence-electron chi connectivity index (χ2n) is 6.94. The fourth-order valence-electron chi connectivity index (χ4n) is 2.13. The Morgan fingerprint density at radius 3 is 2.39 bits per heavy atom. The summed E-state index contributed by atoms with van der Waals surface area (Å²) in [6.07, 6.45) is -1.25. The van der Waals surface area contributed by atoms with E-state index in [0.29, 0.717) is 6.42 Å². The smallest absolute Gasteiger partial charge is 0.323 e. The van der Waals surface area contributed by atoms with Gasteiger partial charge in [-0.05, 0) is 31.4 Å². The largest absolute Gasteiger partial charge is 0.456 e. The lowest BCUT2D eigenvalue weighted by Crippen LogP contribution is -2.42. The molecular formula is C18H29NO4. The van der Waals surface area contributed by atoms with Gasteiger partial charge in [-0.1, -0.05) is 51.1 Å². The molecule has 5 nitrogen and oxygen atoms in total. The number of aliphatic hydroxyl groups is 1. The van der Waals surface area contributed by atoms with Crippen molar-refractivity contribution in [3.8, 4) is 0 Å². The Kier molecular flexibility index (Phi) is 7.68. The third-order valence-electron chi connectivity index (χ3n) is 3.42. The van der Waals surface area contributed by atoms with Crippen LogP contribution in [0, 0.1) is 5.41 Å². The summed E-state index contributed by atoms with van der Waals surface area (Å²) >= 11 is 0. The summed E-state index contributed by atoms with van der Waals surface area (Å²) in [5, 5.41) is 13.0. The van der Waals surface area contributed by atoms with Gasteiger partial charge in [-0.25, -0.2) is 0 Å². The molecule has 3 atom stereocenters. The van der Waals surface area contributed by atoms with E-state index in [4.69, 9.17) is 9.47 Å². The first-order chi connectivity index (χ1) is 10.7. The maximum atomic E-state index is 12.2. The normalized spacial score (nSPS) is 15.7. The molecule has 0 aliphatic rings. The van der Waals surface area contributed by atoms with E-state index in [1.807, 2.05) is 30.3 Å². The predicted molar refractivity (Wildman–Crippen MR) is 89.7 cm³/mol. The van der Waals surface area contributed by atoms with E-state index in [9.17, 15) is 9.90 Å². The van der Waals surface area contributed by atoms with E-state index in [-0.39, 0.29) is 18.0 Å². The van der Waals surface area contributed by atoms with Gasteiger partial charge in [0.15, 0.2) is 6.29 Å². The number of nitrogens with one attached hydrogen (secondary N) is 1. The SMILES string of the molecule is CN[C@@H](CC(C)(C)C)C(=O)O[C@H](C)C(O)OCc1ccccc1. The molecule has 0 spiro atoms. The van der Waals surface area contributed by atoms with Gasteiger partial charge >= 0.3 is 5.97 Å². The summed E-state index contributed by atoms with van der Waals surface area (Å²) in [5.41, 5.74) is 0.948. The zero-order chi connectivity index (χ0) is 17.5. The molecular weight excluding hydrogens is 294 g/mol. The van der Waals surface area contributed by atoms with E-state index >= 15 is 0 Å². The number of likely N-dealkylation sites (N-methyl/N-ethyl adjacent to an activating group) is 1. The van der Waals surface area contributed by atoms with Crippen LogP contribution in [-0.4, -0.2) is 36.6 Å². The van der Waals surface area contributed by atoms with Gasteiger partial charge in [-0.3, -0.25) is 4.79 Å². The van der Waals surface area contributed by atoms with Gasteiger partial charge in [-0.15, -0.1) is 0 Å². The zero-order valence-electron chi connectivity index (χ0n) is 14.7. The first-order valence-electron chi connectivity index (χ1n) is 7.94. The Balaban J connectivity index is 2.46. The standard InChI is InChI=1S/C18H29NO4/c1-13(16(20)22-12-14-9-7-6-8-10-14)23-17(21)15(19-5)11-18(2,3)4/h6-10,13,15-16,19-20H,11-12H2,1-5H3/t13-,15+,16?/m1/s1. The van der Waals surface area contributed by atoms with Gasteiger partial charge in [0, 0.05) is 0 Å². The van der Waals surface area contributed by atoms with Gasteiger partial charge in [-0.2, -0.15) is 0 Å². The molecule has 0 aliphatic carbocycles. The maximum absolute atomic E-state index is 12.2. The number of aliphatic hydroxyl groups excluding tert-OH is 1. The minimum absolute atomic E-state index is 0.00163. The molecule has 0 aliphatic heterocycles. The van der Waals surface area contributed by atoms with Crippen LogP contribution in [0.1, 0.15) is 39.7 Å². The highest BCUT2D eigenvalue weighted by Gasteiger charge is 2.28. The lowest BCUT2D eigenvalue weighted by Gasteiger charge is -2.26. The molecule has 1 rings (SSSR count). The highest BCUT2D eigenvalue weighted by molar-refractivity contribution is 5.76. The van der Waals surface area contributed by atoms with Crippen molar-refractivity contribution >= 4 is 5.97 Å². The summed E-state index contributed by atoms with van der Waals surface area (Å²) in [7, 11) is 1.73. The highest BCUT2D eigenvalue weighted by Crippen LogP contribution is 2.21. The summed E-state index contributed by atoms with van der Waals surface area (Å²) in [5.74, 6) is -0.378. The fraction of sp³-hybridized carbons (Fsp3) is 0.611. The summed E-state index contributed by atoms with van der Waals surface area (Å²) < 4.78 is 10.7. The van der Waals surface area contributed by atoms with Crippen molar-refractivity contribution in [2.75, 3.05) is 7.05 Å². The van der Waals surface area contributed by atoms with Crippen LogP contribution in [0.3, 0.4) is 0 Å². The summed E-state index contributed by atoms with van der Waals surface area (Å²) in [4.78, 5) is 12.2. The van der Waals surface area contributed by atoms with E-state index in [1.165, 1.54) is 0 Å². The minimum Gasteiger partial charge on any atom is -0.456 e. The van der Waals surface area contributed by atoms with Crippen LogP contribution in [0.4, 0.5) is 0 Å². The first-order valence-corrected chi connectivity index (χ1v) is 7.94. The predicted octanol–water partition coefficient (Wildman–Crippen LogP) is 2.48. The molecule has 130 valence electrons. The average molecular weight is 323 g/mol.